The smallest absolute Gasteiger partial charge is 0.0474 e. The van der Waals surface area contributed by atoms with E-state index in [1.807, 2.05) is 31.2 Å². The van der Waals surface area contributed by atoms with Crippen LogP contribution < -0.4 is 0 Å². The van der Waals surface area contributed by atoms with Crippen LogP contribution in [0.1, 0.15) is 18.1 Å². The molecule has 0 saturated carbocycles. The zero-order valence-corrected chi connectivity index (χ0v) is 7.36. The van der Waals surface area contributed by atoms with Gasteiger partial charge in [-0.15, -0.1) is 11.6 Å². The fourth-order valence-corrected chi connectivity index (χ4v) is 1.06. The molecule has 11 heavy (non-hydrogen) atoms. The van der Waals surface area contributed by atoms with Crippen LogP contribution in [0.5, 0.6) is 0 Å². The van der Waals surface area contributed by atoms with E-state index >= 15 is 0 Å². The molecule has 0 radical (unpaired) electrons. The topological polar surface area (TPSA) is 0 Å². The summed E-state index contributed by atoms with van der Waals surface area (Å²) in [6.45, 7) is 5.84. The SMILES string of the molecule is C=C(C)c1ccc(CCl)cc1. The lowest BCUT2D eigenvalue weighted by molar-refractivity contribution is 1.39. The molecule has 0 aromatic heterocycles. The molecule has 0 aliphatic heterocycles. The predicted molar refractivity (Wildman–Crippen MR) is 50.7 cm³/mol. The Kier molecular flexibility index (Phi) is 2.72. The van der Waals surface area contributed by atoms with Crippen molar-refractivity contribution in [3.63, 3.8) is 0 Å². The molecular formula is C10H11Cl. The summed E-state index contributed by atoms with van der Waals surface area (Å²) >= 11 is 5.64. The molecule has 0 amide bonds. The standard InChI is InChI=1S/C10H11Cl/c1-8(2)10-5-3-9(7-11)4-6-10/h3-6H,1,7H2,2H3. The van der Waals surface area contributed by atoms with E-state index in [0.29, 0.717) is 5.88 Å². The minimum atomic E-state index is 0.580. The maximum absolute atomic E-state index is 5.64. The van der Waals surface area contributed by atoms with Crippen LogP contribution in [0, 0.1) is 0 Å². The van der Waals surface area contributed by atoms with E-state index in [1.165, 1.54) is 5.56 Å². The van der Waals surface area contributed by atoms with Gasteiger partial charge < -0.3 is 0 Å². The summed E-state index contributed by atoms with van der Waals surface area (Å²) in [6.07, 6.45) is 0. The van der Waals surface area contributed by atoms with Gasteiger partial charge in [0.1, 0.15) is 0 Å². The molecule has 0 aliphatic carbocycles. The lowest BCUT2D eigenvalue weighted by Gasteiger charge is -1.99. The van der Waals surface area contributed by atoms with Crippen molar-refractivity contribution in [2.24, 2.45) is 0 Å². The van der Waals surface area contributed by atoms with Gasteiger partial charge in [0.25, 0.3) is 0 Å². The number of benzene rings is 1. The van der Waals surface area contributed by atoms with Gasteiger partial charge in [-0.3, -0.25) is 0 Å². The Labute approximate surface area is 72.5 Å². The number of alkyl halides is 1. The van der Waals surface area contributed by atoms with E-state index in [1.54, 1.807) is 0 Å². The molecule has 0 spiro atoms. The maximum atomic E-state index is 5.64. The summed E-state index contributed by atoms with van der Waals surface area (Å²) in [6, 6.07) is 8.13. The van der Waals surface area contributed by atoms with Crippen molar-refractivity contribution in [3.8, 4) is 0 Å². The maximum Gasteiger partial charge on any atom is 0.0474 e. The first kappa shape index (κ1) is 8.35. The molecule has 0 aliphatic rings. The summed E-state index contributed by atoms with van der Waals surface area (Å²) < 4.78 is 0. The van der Waals surface area contributed by atoms with Gasteiger partial charge in [-0.05, 0) is 18.1 Å². The summed E-state index contributed by atoms with van der Waals surface area (Å²) in [5.41, 5.74) is 3.42. The molecule has 0 N–H and O–H groups in total. The number of halogens is 1. The highest BCUT2D eigenvalue weighted by molar-refractivity contribution is 6.17. The highest BCUT2D eigenvalue weighted by atomic mass is 35.5. The van der Waals surface area contributed by atoms with Crippen LogP contribution in [-0.4, -0.2) is 0 Å². The molecule has 0 saturated heterocycles. The van der Waals surface area contributed by atoms with Gasteiger partial charge in [0.2, 0.25) is 0 Å². The second-order valence-electron chi connectivity index (χ2n) is 2.61. The van der Waals surface area contributed by atoms with Gasteiger partial charge in [-0.25, -0.2) is 0 Å². The third kappa shape index (κ3) is 2.09. The highest BCUT2D eigenvalue weighted by Crippen LogP contribution is 2.13. The summed E-state index contributed by atoms with van der Waals surface area (Å²) in [5.74, 6) is 0.580. The van der Waals surface area contributed by atoms with E-state index in [0.717, 1.165) is 11.1 Å². The molecule has 1 aromatic carbocycles. The first-order chi connectivity index (χ1) is 5.24. The quantitative estimate of drug-likeness (QED) is 0.591. The largest absolute Gasteiger partial charge is 0.122 e. The van der Waals surface area contributed by atoms with Crippen LogP contribution in [0.2, 0.25) is 0 Å². The molecule has 0 atom stereocenters. The van der Waals surface area contributed by atoms with Gasteiger partial charge in [0.05, 0.1) is 0 Å². The van der Waals surface area contributed by atoms with Gasteiger partial charge >= 0.3 is 0 Å². The molecule has 58 valence electrons. The van der Waals surface area contributed by atoms with Gasteiger partial charge in [-0.2, -0.15) is 0 Å². The van der Waals surface area contributed by atoms with E-state index in [4.69, 9.17) is 11.6 Å². The molecule has 0 heterocycles. The normalized spacial score (nSPS) is 9.64. The van der Waals surface area contributed by atoms with E-state index in [-0.39, 0.29) is 0 Å². The first-order valence-electron chi connectivity index (χ1n) is 3.55. The van der Waals surface area contributed by atoms with Crippen LogP contribution >= 0.6 is 11.6 Å². The zero-order chi connectivity index (χ0) is 8.27. The molecule has 1 aromatic rings. The molecular weight excluding hydrogens is 156 g/mol. The Balaban J connectivity index is 2.91. The highest BCUT2D eigenvalue weighted by Gasteiger charge is 1.92. The Hall–Kier alpha value is -0.750. The van der Waals surface area contributed by atoms with Crippen molar-refractivity contribution >= 4 is 17.2 Å². The minimum Gasteiger partial charge on any atom is -0.122 e. The van der Waals surface area contributed by atoms with Gasteiger partial charge in [-0.1, -0.05) is 36.4 Å². The third-order valence-corrected chi connectivity index (χ3v) is 1.91. The Bertz CT molecular complexity index is 246. The lowest BCUT2D eigenvalue weighted by atomic mass is 10.1. The Morgan fingerprint density at radius 3 is 2.27 bits per heavy atom. The van der Waals surface area contributed by atoms with E-state index in [2.05, 4.69) is 6.58 Å². The fraction of sp³-hybridized carbons (Fsp3) is 0.200. The monoisotopic (exact) mass is 166 g/mol. The average molecular weight is 167 g/mol. The van der Waals surface area contributed by atoms with Crippen molar-refractivity contribution in [1.82, 2.24) is 0 Å². The minimum absolute atomic E-state index is 0.580. The Morgan fingerprint density at radius 2 is 1.91 bits per heavy atom. The van der Waals surface area contributed by atoms with E-state index in [9.17, 15) is 0 Å². The van der Waals surface area contributed by atoms with Crippen molar-refractivity contribution in [2.45, 2.75) is 12.8 Å². The van der Waals surface area contributed by atoms with Crippen molar-refractivity contribution in [2.75, 3.05) is 0 Å². The second-order valence-corrected chi connectivity index (χ2v) is 2.88. The fourth-order valence-electron chi connectivity index (χ4n) is 0.878. The molecule has 0 nitrogen and oxygen atoms in total. The molecule has 0 fully saturated rings. The molecule has 1 heteroatoms. The van der Waals surface area contributed by atoms with Crippen molar-refractivity contribution in [1.29, 1.82) is 0 Å². The molecule has 1 rings (SSSR count). The van der Waals surface area contributed by atoms with Gasteiger partial charge in [0, 0.05) is 5.88 Å². The first-order valence-corrected chi connectivity index (χ1v) is 4.08. The number of rotatable bonds is 2. The van der Waals surface area contributed by atoms with Crippen LogP contribution in [-0.2, 0) is 5.88 Å². The van der Waals surface area contributed by atoms with Crippen LogP contribution in [0.25, 0.3) is 5.57 Å². The lowest BCUT2D eigenvalue weighted by Crippen LogP contribution is -1.80. The van der Waals surface area contributed by atoms with Crippen LogP contribution in [0.4, 0.5) is 0 Å². The average Bonchev–Trinajstić information content (AvgIpc) is 2.05. The van der Waals surface area contributed by atoms with Crippen LogP contribution in [0.15, 0.2) is 30.8 Å². The Morgan fingerprint density at radius 1 is 1.36 bits per heavy atom. The van der Waals surface area contributed by atoms with Crippen molar-refractivity contribution < 1.29 is 0 Å². The van der Waals surface area contributed by atoms with Gasteiger partial charge in [0.15, 0.2) is 0 Å². The number of allylic oxidation sites excluding steroid dienone is 1. The summed E-state index contributed by atoms with van der Waals surface area (Å²) in [4.78, 5) is 0. The second kappa shape index (κ2) is 3.59. The molecule has 0 bridgehead atoms. The summed E-state index contributed by atoms with van der Waals surface area (Å²) in [7, 11) is 0. The van der Waals surface area contributed by atoms with Crippen LogP contribution in [0.3, 0.4) is 0 Å². The number of hydrogen-bond donors (Lipinski definition) is 0. The third-order valence-electron chi connectivity index (χ3n) is 1.60. The zero-order valence-electron chi connectivity index (χ0n) is 6.60. The predicted octanol–water partition coefficient (Wildman–Crippen LogP) is 3.46. The summed E-state index contributed by atoms with van der Waals surface area (Å²) in [5, 5.41) is 0. The molecule has 0 unspecified atom stereocenters. The van der Waals surface area contributed by atoms with Crippen molar-refractivity contribution in [3.05, 3.63) is 42.0 Å². The number of hydrogen-bond acceptors (Lipinski definition) is 0. The van der Waals surface area contributed by atoms with E-state index < -0.39 is 0 Å².